The molecule has 6 heteroatoms. The Morgan fingerprint density at radius 2 is 1.61 bits per heavy atom. The Morgan fingerprint density at radius 1 is 0.939 bits per heavy atom. The molecule has 1 aliphatic rings. The van der Waals surface area contributed by atoms with Crippen LogP contribution in [0.2, 0.25) is 0 Å². The molecule has 3 aromatic carbocycles. The molecule has 1 aliphatic heterocycles. The van der Waals surface area contributed by atoms with Crippen LogP contribution in [-0.2, 0) is 4.79 Å². The number of carbonyl (C=O) groups is 2. The Hall–Kier alpha value is -4.32. The molecular weight excluding hydrogens is 416 g/mol. The molecule has 1 aromatic heterocycles. The Kier molecular flexibility index (Phi) is 4.98. The molecule has 1 unspecified atom stereocenters. The second-order valence-electron chi connectivity index (χ2n) is 8.14. The van der Waals surface area contributed by atoms with Gasteiger partial charge in [-0.15, -0.1) is 0 Å². The van der Waals surface area contributed by atoms with Crippen LogP contribution in [-0.4, -0.2) is 30.9 Å². The summed E-state index contributed by atoms with van der Waals surface area (Å²) in [5.41, 5.74) is 2.83. The Bertz CT molecular complexity index is 1350. The molecule has 0 aliphatic carbocycles. The van der Waals surface area contributed by atoms with Crippen molar-refractivity contribution in [3.8, 4) is 0 Å². The molecule has 0 saturated carbocycles. The first-order valence-corrected chi connectivity index (χ1v) is 10.6. The predicted molar refractivity (Wildman–Crippen MR) is 128 cm³/mol. The van der Waals surface area contributed by atoms with Crippen LogP contribution in [0.5, 0.6) is 0 Å². The van der Waals surface area contributed by atoms with Gasteiger partial charge in [0.2, 0.25) is 5.78 Å². The molecule has 164 valence electrons. The van der Waals surface area contributed by atoms with Gasteiger partial charge in [0, 0.05) is 30.9 Å². The molecule has 0 radical (unpaired) electrons. The van der Waals surface area contributed by atoms with E-state index in [9.17, 15) is 14.7 Å². The van der Waals surface area contributed by atoms with Gasteiger partial charge in [0.05, 0.1) is 11.6 Å². The molecule has 0 saturated heterocycles. The number of aliphatic hydroxyl groups excluding tert-OH is 1. The summed E-state index contributed by atoms with van der Waals surface area (Å²) >= 11 is 0. The summed E-state index contributed by atoms with van der Waals surface area (Å²) in [4.78, 5) is 30.2. The standard InChI is InChI=1S/C27H22N2O4/c1-28(2)19-12-14-20(15-13-19)29-24(17-8-4-3-5-9-17)23(26(31)27(29)32)25(30)22-16-18-10-6-7-11-21(18)33-22/h3-16,24,31H,1-2H3. The second kappa shape index (κ2) is 7.98. The molecule has 5 rings (SSSR count). The lowest BCUT2D eigenvalue weighted by Crippen LogP contribution is -2.31. The van der Waals surface area contributed by atoms with Crippen molar-refractivity contribution in [2.45, 2.75) is 6.04 Å². The third-order valence-electron chi connectivity index (χ3n) is 5.86. The van der Waals surface area contributed by atoms with Crippen molar-refractivity contribution in [3.63, 3.8) is 0 Å². The van der Waals surface area contributed by atoms with E-state index in [0.717, 1.165) is 11.1 Å². The van der Waals surface area contributed by atoms with Gasteiger partial charge >= 0.3 is 0 Å². The van der Waals surface area contributed by atoms with E-state index < -0.39 is 23.5 Å². The smallest absolute Gasteiger partial charge is 0.294 e. The number of anilines is 2. The molecule has 1 N–H and O–H groups in total. The van der Waals surface area contributed by atoms with Crippen LogP contribution >= 0.6 is 0 Å². The molecule has 2 heterocycles. The third kappa shape index (κ3) is 3.46. The molecule has 0 spiro atoms. The van der Waals surface area contributed by atoms with E-state index in [2.05, 4.69) is 0 Å². The Morgan fingerprint density at radius 3 is 2.27 bits per heavy atom. The first kappa shape index (κ1) is 20.6. The Labute approximate surface area is 191 Å². The summed E-state index contributed by atoms with van der Waals surface area (Å²) in [6.45, 7) is 0. The van der Waals surface area contributed by atoms with Gasteiger partial charge in [-0.2, -0.15) is 0 Å². The fraction of sp³-hybridized carbons (Fsp3) is 0.111. The minimum absolute atomic E-state index is 0.00180. The highest BCUT2D eigenvalue weighted by Crippen LogP contribution is 2.42. The number of para-hydroxylation sites is 1. The minimum Gasteiger partial charge on any atom is -0.503 e. The number of hydrogen-bond acceptors (Lipinski definition) is 5. The molecule has 1 atom stereocenters. The molecule has 1 amide bonds. The highest BCUT2D eigenvalue weighted by Gasteiger charge is 2.45. The zero-order valence-corrected chi connectivity index (χ0v) is 18.2. The number of rotatable bonds is 5. The average molecular weight is 438 g/mol. The van der Waals surface area contributed by atoms with E-state index in [1.165, 1.54) is 4.90 Å². The van der Waals surface area contributed by atoms with E-state index in [-0.39, 0.29) is 11.3 Å². The Balaban J connectivity index is 1.62. The first-order valence-electron chi connectivity index (χ1n) is 10.6. The lowest BCUT2D eigenvalue weighted by Gasteiger charge is -2.27. The van der Waals surface area contributed by atoms with Crippen LogP contribution in [0.1, 0.15) is 22.2 Å². The highest BCUT2D eigenvalue weighted by atomic mass is 16.3. The molecule has 4 aromatic rings. The number of fused-ring (bicyclic) bond motifs is 1. The summed E-state index contributed by atoms with van der Waals surface area (Å²) < 4.78 is 5.76. The third-order valence-corrected chi connectivity index (χ3v) is 5.86. The summed E-state index contributed by atoms with van der Waals surface area (Å²) in [6, 6.07) is 24.8. The number of aliphatic hydroxyl groups is 1. The lowest BCUT2D eigenvalue weighted by molar-refractivity contribution is -0.117. The number of Topliss-reactive ketones (excluding diaryl/α,β-unsaturated/α-hetero) is 1. The predicted octanol–water partition coefficient (Wildman–Crippen LogP) is 5.28. The van der Waals surface area contributed by atoms with Gasteiger partial charge in [0.15, 0.2) is 11.5 Å². The second-order valence-corrected chi connectivity index (χ2v) is 8.14. The number of amides is 1. The van der Waals surface area contributed by atoms with Gasteiger partial charge in [0.25, 0.3) is 5.91 Å². The molecule has 0 fully saturated rings. The van der Waals surface area contributed by atoms with Crippen LogP contribution < -0.4 is 9.80 Å². The minimum atomic E-state index is -0.787. The number of furan rings is 1. The van der Waals surface area contributed by atoms with Crippen molar-refractivity contribution in [2.75, 3.05) is 23.9 Å². The largest absolute Gasteiger partial charge is 0.503 e. The normalized spacial score (nSPS) is 16.0. The van der Waals surface area contributed by atoms with E-state index >= 15 is 0 Å². The van der Waals surface area contributed by atoms with Gasteiger partial charge in [-0.3, -0.25) is 14.5 Å². The monoisotopic (exact) mass is 438 g/mol. The van der Waals surface area contributed by atoms with Gasteiger partial charge in [0.1, 0.15) is 5.58 Å². The maximum atomic E-state index is 13.6. The molecule has 0 bridgehead atoms. The number of hydrogen-bond donors (Lipinski definition) is 1. The fourth-order valence-electron chi connectivity index (χ4n) is 4.19. The topological polar surface area (TPSA) is 74.0 Å². The van der Waals surface area contributed by atoms with Gasteiger partial charge < -0.3 is 14.4 Å². The van der Waals surface area contributed by atoms with Crippen LogP contribution in [0.4, 0.5) is 11.4 Å². The number of nitrogens with zero attached hydrogens (tertiary/aromatic N) is 2. The van der Waals surface area contributed by atoms with Crippen LogP contribution in [0.15, 0.2) is 101 Å². The van der Waals surface area contributed by atoms with Crippen LogP contribution in [0.25, 0.3) is 11.0 Å². The highest BCUT2D eigenvalue weighted by molar-refractivity contribution is 6.20. The first-order chi connectivity index (χ1) is 16.0. The summed E-state index contributed by atoms with van der Waals surface area (Å²) in [5, 5.41) is 11.7. The molecule has 6 nitrogen and oxygen atoms in total. The van der Waals surface area contributed by atoms with Crippen LogP contribution in [0, 0.1) is 0 Å². The average Bonchev–Trinajstić information content (AvgIpc) is 3.38. The van der Waals surface area contributed by atoms with Crippen molar-refractivity contribution in [3.05, 3.63) is 108 Å². The van der Waals surface area contributed by atoms with Gasteiger partial charge in [-0.1, -0.05) is 48.5 Å². The van der Waals surface area contributed by atoms with Crippen molar-refractivity contribution in [1.82, 2.24) is 0 Å². The number of carbonyl (C=O) groups excluding carboxylic acids is 2. The van der Waals surface area contributed by atoms with Gasteiger partial charge in [-0.25, -0.2) is 0 Å². The van der Waals surface area contributed by atoms with Crippen molar-refractivity contribution < 1.29 is 19.1 Å². The van der Waals surface area contributed by atoms with Crippen LogP contribution in [0.3, 0.4) is 0 Å². The summed E-state index contributed by atoms with van der Waals surface area (Å²) in [6.07, 6.45) is 0. The van der Waals surface area contributed by atoms with Crippen molar-refractivity contribution >= 4 is 34.0 Å². The van der Waals surface area contributed by atoms with Crippen molar-refractivity contribution in [1.29, 1.82) is 0 Å². The van der Waals surface area contributed by atoms with Crippen molar-refractivity contribution in [2.24, 2.45) is 0 Å². The zero-order chi connectivity index (χ0) is 23.1. The maximum Gasteiger partial charge on any atom is 0.294 e. The van der Waals surface area contributed by atoms with E-state index in [4.69, 9.17) is 4.42 Å². The fourth-order valence-corrected chi connectivity index (χ4v) is 4.19. The number of ketones is 1. The maximum absolute atomic E-state index is 13.6. The molecule has 33 heavy (non-hydrogen) atoms. The van der Waals surface area contributed by atoms with Gasteiger partial charge in [-0.05, 0) is 42.0 Å². The molecular formula is C27H22N2O4. The SMILES string of the molecule is CN(C)c1ccc(N2C(=O)C(O)=C(C(=O)c3cc4ccccc4o3)C2c2ccccc2)cc1. The summed E-state index contributed by atoms with van der Waals surface area (Å²) in [5.74, 6) is -1.62. The van der Waals surface area contributed by atoms with E-state index in [1.807, 2.05) is 91.8 Å². The summed E-state index contributed by atoms with van der Waals surface area (Å²) in [7, 11) is 3.86. The lowest BCUT2D eigenvalue weighted by atomic mass is 9.95. The van der Waals surface area contributed by atoms with E-state index in [0.29, 0.717) is 16.8 Å². The quantitative estimate of drug-likeness (QED) is 0.429. The number of benzene rings is 3. The zero-order valence-electron chi connectivity index (χ0n) is 18.2. The van der Waals surface area contributed by atoms with E-state index in [1.54, 1.807) is 12.1 Å².